The van der Waals surface area contributed by atoms with Gasteiger partial charge in [-0.2, -0.15) is 5.01 Å². The van der Waals surface area contributed by atoms with Crippen LogP contribution < -0.4 is 15.6 Å². The molecule has 1 atom stereocenters. The molecule has 162 valence electrons. The number of hydrazine groups is 1. The Balaban J connectivity index is 1.51. The Labute approximate surface area is 178 Å². The van der Waals surface area contributed by atoms with Gasteiger partial charge in [0.25, 0.3) is 11.8 Å². The van der Waals surface area contributed by atoms with E-state index < -0.39 is 35.0 Å². The summed E-state index contributed by atoms with van der Waals surface area (Å²) in [6.45, 7) is 2.03. The van der Waals surface area contributed by atoms with Gasteiger partial charge in [0.05, 0.1) is 6.54 Å². The molecule has 0 bridgehead atoms. The molecule has 31 heavy (non-hydrogen) atoms. The number of hydrogen-bond donors (Lipinski definition) is 2. The van der Waals surface area contributed by atoms with Crippen LogP contribution in [0, 0.1) is 11.6 Å². The van der Waals surface area contributed by atoms with E-state index in [1.807, 2.05) is 0 Å². The largest absolute Gasteiger partial charge is 0.362 e. The molecule has 0 aromatic heterocycles. The van der Waals surface area contributed by atoms with Crippen LogP contribution in [0.15, 0.2) is 42.5 Å². The minimum Gasteiger partial charge on any atom is -0.362 e. The van der Waals surface area contributed by atoms with E-state index >= 15 is 0 Å². The number of amides is 4. The van der Waals surface area contributed by atoms with Gasteiger partial charge in [-0.1, -0.05) is 37.3 Å². The van der Waals surface area contributed by atoms with Gasteiger partial charge < -0.3 is 10.2 Å². The normalized spacial score (nSPS) is 20.5. The van der Waals surface area contributed by atoms with Gasteiger partial charge in [0, 0.05) is 18.3 Å². The van der Waals surface area contributed by atoms with Crippen molar-refractivity contribution in [3.63, 3.8) is 0 Å². The molecule has 0 saturated carbocycles. The third kappa shape index (κ3) is 3.60. The number of fused-ring (bicyclic) bond motifs is 1. The van der Waals surface area contributed by atoms with Crippen LogP contribution >= 0.6 is 0 Å². The Bertz CT molecular complexity index is 1050. The van der Waals surface area contributed by atoms with Crippen molar-refractivity contribution in [3.05, 3.63) is 65.2 Å². The molecule has 1 saturated heterocycles. The van der Waals surface area contributed by atoms with E-state index in [-0.39, 0.29) is 6.54 Å². The summed E-state index contributed by atoms with van der Waals surface area (Å²) in [6, 6.07) is 10.3. The Kier molecular flexibility index (Phi) is 5.34. The maximum Gasteiger partial charge on any atom is 0.344 e. The molecule has 2 aromatic carbocycles. The molecule has 2 aliphatic heterocycles. The predicted molar refractivity (Wildman–Crippen MR) is 109 cm³/mol. The topological polar surface area (TPSA) is 81.8 Å². The number of rotatable bonds is 5. The molecule has 2 N–H and O–H groups in total. The van der Waals surface area contributed by atoms with Crippen LogP contribution in [0.25, 0.3) is 0 Å². The lowest BCUT2D eigenvalue weighted by Crippen LogP contribution is -2.51. The van der Waals surface area contributed by atoms with Crippen molar-refractivity contribution in [1.29, 1.82) is 0 Å². The molecule has 9 heteroatoms. The highest BCUT2D eigenvalue weighted by atomic mass is 19.2. The van der Waals surface area contributed by atoms with Gasteiger partial charge in [-0.05, 0) is 36.5 Å². The number of imide groups is 1. The monoisotopic (exact) mass is 428 g/mol. The Morgan fingerprint density at radius 2 is 1.87 bits per heavy atom. The number of halogens is 2. The molecule has 2 heterocycles. The summed E-state index contributed by atoms with van der Waals surface area (Å²) in [7, 11) is 0. The maximum absolute atomic E-state index is 13.7. The highest BCUT2D eigenvalue weighted by Crippen LogP contribution is 2.32. The Morgan fingerprint density at radius 1 is 1.16 bits per heavy atom. The van der Waals surface area contributed by atoms with Crippen molar-refractivity contribution in [1.82, 2.24) is 15.8 Å². The van der Waals surface area contributed by atoms with Gasteiger partial charge >= 0.3 is 6.03 Å². The molecule has 1 fully saturated rings. The van der Waals surface area contributed by atoms with Crippen LogP contribution in [-0.4, -0.2) is 35.9 Å². The molecule has 0 radical (unpaired) electrons. The minimum atomic E-state index is -1.26. The van der Waals surface area contributed by atoms with E-state index in [9.17, 15) is 23.2 Å². The van der Waals surface area contributed by atoms with Gasteiger partial charge in [0.15, 0.2) is 11.6 Å². The predicted octanol–water partition coefficient (Wildman–Crippen LogP) is 2.61. The number of urea groups is 1. The van der Waals surface area contributed by atoms with E-state index in [1.54, 1.807) is 42.2 Å². The number of benzene rings is 2. The molecule has 7 nitrogen and oxygen atoms in total. The molecule has 0 aliphatic carbocycles. The number of hydrogen-bond acceptors (Lipinski definition) is 4. The quantitative estimate of drug-likeness (QED) is 0.718. The molecular weight excluding hydrogens is 406 g/mol. The molecule has 4 rings (SSSR count). The van der Waals surface area contributed by atoms with Gasteiger partial charge in [0.1, 0.15) is 5.54 Å². The summed E-state index contributed by atoms with van der Waals surface area (Å²) in [4.78, 5) is 39.9. The lowest BCUT2D eigenvalue weighted by atomic mass is 9.87. The van der Waals surface area contributed by atoms with Crippen molar-refractivity contribution >= 4 is 23.5 Å². The van der Waals surface area contributed by atoms with Gasteiger partial charge in [-0.15, -0.1) is 0 Å². The minimum absolute atomic E-state index is 0.209. The molecule has 2 aromatic rings. The summed E-state index contributed by atoms with van der Waals surface area (Å²) in [5, 5.41) is 3.38. The van der Waals surface area contributed by atoms with Crippen LogP contribution in [0.3, 0.4) is 0 Å². The molecule has 0 unspecified atom stereocenters. The summed E-state index contributed by atoms with van der Waals surface area (Å²) >= 11 is 0. The molecular formula is C22H22F2N4O3. The van der Waals surface area contributed by atoms with Crippen molar-refractivity contribution in [2.24, 2.45) is 0 Å². The zero-order chi connectivity index (χ0) is 22.2. The second kappa shape index (κ2) is 7.98. The third-order valence-electron chi connectivity index (χ3n) is 5.80. The average Bonchev–Trinajstić information content (AvgIpc) is 3.01. The highest BCUT2D eigenvalue weighted by molar-refractivity contribution is 6.08. The maximum atomic E-state index is 13.7. The van der Waals surface area contributed by atoms with Gasteiger partial charge in [-0.25, -0.2) is 13.6 Å². The first-order chi connectivity index (χ1) is 14.9. The number of aryl methyl sites for hydroxylation is 1. The third-order valence-corrected chi connectivity index (χ3v) is 5.80. The standard InChI is InChI=1S/C22H22F2N4O3/c1-2-22(15-8-4-3-5-9-15)20(30)28(21(31)25-22)26-19(29)13-27-10-6-7-14-11-16(23)17(24)12-18(14)27/h3-5,8-9,11-12H,2,6-7,10,13H2,1H3,(H,25,31)(H,26,29)/t22-/m0/s1. The van der Waals surface area contributed by atoms with Crippen LogP contribution in [0.4, 0.5) is 19.3 Å². The first-order valence-electron chi connectivity index (χ1n) is 10.1. The van der Waals surface area contributed by atoms with E-state index in [1.165, 1.54) is 0 Å². The summed E-state index contributed by atoms with van der Waals surface area (Å²) in [5.41, 5.74) is 2.77. The second-order valence-corrected chi connectivity index (χ2v) is 7.65. The fourth-order valence-corrected chi connectivity index (χ4v) is 4.19. The number of anilines is 1. The summed E-state index contributed by atoms with van der Waals surface area (Å²) < 4.78 is 27.3. The van der Waals surface area contributed by atoms with Gasteiger partial charge in [0.2, 0.25) is 0 Å². The number of carbonyl (C=O) groups excluding carboxylic acids is 3. The van der Waals surface area contributed by atoms with Crippen molar-refractivity contribution in [3.8, 4) is 0 Å². The van der Waals surface area contributed by atoms with Crippen LogP contribution in [0.2, 0.25) is 0 Å². The summed E-state index contributed by atoms with van der Waals surface area (Å²) in [6.07, 6.45) is 1.55. The van der Waals surface area contributed by atoms with Gasteiger partial charge in [-0.3, -0.25) is 15.0 Å². The van der Waals surface area contributed by atoms with E-state index in [2.05, 4.69) is 10.7 Å². The van der Waals surface area contributed by atoms with Crippen molar-refractivity contribution in [2.75, 3.05) is 18.0 Å². The number of nitrogens with zero attached hydrogens (tertiary/aromatic N) is 2. The number of carbonyl (C=O) groups is 3. The SMILES string of the molecule is CC[C@@]1(c2ccccc2)NC(=O)N(NC(=O)CN2CCCc3cc(F)c(F)cc32)C1=O. The lowest BCUT2D eigenvalue weighted by molar-refractivity contribution is -0.139. The molecule has 2 aliphatic rings. The lowest BCUT2D eigenvalue weighted by Gasteiger charge is -2.31. The van der Waals surface area contributed by atoms with E-state index in [0.717, 1.165) is 12.1 Å². The first-order valence-corrected chi connectivity index (χ1v) is 10.1. The fraction of sp³-hybridized carbons (Fsp3) is 0.318. The smallest absolute Gasteiger partial charge is 0.344 e. The van der Waals surface area contributed by atoms with Crippen molar-refractivity contribution in [2.45, 2.75) is 31.7 Å². The second-order valence-electron chi connectivity index (χ2n) is 7.65. The van der Waals surface area contributed by atoms with Crippen LogP contribution in [0.1, 0.15) is 30.9 Å². The zero-order valence-corrected chi connectivity index (χ0v) is 17.0. The average molecular weight is 428 g/mol. The zero-order valence-electron chi connectivity index (χ0n) is 17.0. The van der Waals surface area contributed by atoms with Crippen LogP contribution in [0.5, 0.6) is 0 Å². The Hall–Kier alpha value is -3.49. The van der Waals surface area contributed by atoms with Crippen molar-refractivity contribution < 1.29 is 23.2 Å². The molecule has 0 spiro atoms. The van der Waals surface area contributed by atoms with E-state index in [4.69, 9.17) is 0 Å². The number of nitrogens with one attached hydrogen (secondary N) is 2. The van der Waals surface area contributed by atoms with E-state index in [0.29, 0.717) is 47.6 Å². The fourth-order valence-electron chi connectivity index (χ4n) is 4.19. The molecule has 4 amide bonds. The summed E-state index contributed by atoms with van der Waals surface area (Å²) in [5.74, 6) is -3.11. The first kappa shape index (κ1) is 20.8. The van der Waals surface area contributed by atoms with Crippen LogP contribution in [-0.2, 0) is 21.5 Å². The Morgan fingerprint density at radius 3 is 2.58 bits per heavy atom. The highest BCUT2D eigenvalue weighted by Gasteiger charge is 2.52.